The van der Waals surface area contributed by atoms with Gasteiger partial charge in [-0.15, -0.1) is 0 Å². The van der Waals surface area contributed by atoms with E-state index in [0.717, 1.165) is 29.9 Å². The lowest BCUT2D eigenvalue weighted by atomic mass is 9.80. The maximum atomic E-state index is 12.0. The molecule has 3 aliphatic carbocycles. The minimum atomic E-state index is -0.289. The summed E-state index contributed by atoms with van der Waals surface area (Å²) in [5.41, 5.74) is 0.805. The van der Waals surface area contributed by atoms with E-state index >= 15 is 0 Å². The maximum absolute atomic E-state index is 12.0. The van der Waals surface area contributed by atoms with Gasteiger partial charge in [-0.2, -0.15) is 0 Å². The van der Waals surface area contributed by atoms with Crippen molar-refractivity contribution in [2.45, 2.75) is 38.2 Å². The number of hydrogen-bond acceptors (Lipinski definition) is 2. The highest BCUT2D eigenvalue weighted by Crippen LogP contribution is 2.59. The monoisotopic (exact) mass is 271 g/mol. The van der Waals surface area contributed by atoms with Crippen LogP contribution in [0.3, 0.4) is 0 Å². The summed E-state index contributed by atoms with van der Waals surface area (Å²) in [7, 11) is 0. The first-order valence-corrected chi connectivity index (χ1v) is 7.84. The molecule has 106 valence electrons. The number of nitrogens with one attached hydrogen (secondary N) is 1. The van der Waals surface area contributed by atoms with Crippen LogP contribution in [0.5, 0.6) is 0 Å². The average molecular weight is 271 g/mol. The van der Waals surface area contributed by atoms with Crippen molar-refractivity contribution in [3.8, 4) is 0 Å². The van der Waals surface area contributed by atoms with Gasteiger partial charge in [0.1, 0.15) is 6.10 Å². The first-order chi connectivity index (χ1) is 9.81. The topological polar surface area (TPSA) is 38.3 Å². The van der Waals surface area contributed by atoms with Gasteiger partial charge >= 0.3 is 6.09 Å². The summed E-state index contributed by atoms with van der Waals surface area (Å²) in [6, 6.07) is 9.53. The second-order valence-corrected chi connectivity index (χ2v) is 6.59. The second kappa shape index (κ2) is 4.80. The average Bonchev–Trinajstić information content (AvgIpc) is 3.11. The lowest BCUT2D eigenvalue weighted by Gasteiger charge is -2.31. The van der Waals surface area contributed by atoms with E-state index in [1.54, 1.807) is 0 Å². The van der Waals surface area contributed by atoms with Gasteiger partial charge in [-0.3, -0.25) is 5.32 Å². The predicted molar refractivity (Wildman–Crippen MR) is 77.4 cm³/mol. The molecule has 3 fully saturated rings. The molecule has 0 radical (unpaired) electrons. The number of amides is 1. The van der Waals surface area contributed by atoms with Gasteiger partial charge in [0.15, 0.2) is 0 Å². The maximum Gasteiger partial charge on any atom is 0.411 e. The van der Waals surface area contributed by atoms with E-state index in [0.29, 0.717) is 5.92 Å². The van der Waals surface area contributed by atoms with E-state index in [4.69, 9.17) is 4.74 Å². The van der Waals surface area contributed by atoms with Gasteiger partial charge in [0.05, 0.1) is 0 Å². The molecule has 0 aliphatic heterocycles. The van der Waals surface area contributed by atoms with E-state index in [1.165, 1.54) is 25.7 Å². The number of carbonyl (C=O) groups excluding carboxylic acids is 1. The van der Waals surface area contributed by atoms with E-state index in [-0.39, 0.29) is 12.2 Å². The molecule has 0 unspecified atom stereocenters. The number of hydrogen-bond donors (Lipinski definition) is 1. The molecule has 3 saturated carbocycles. The number of fused-ring (bicyclic) bond motifs is 5. The molecule has 5 atom stereocenters. The van der Waals surface area contributed by atoms with E-state index in [2.05, 4.69) is 5.32 Å². The Kier molecular flexibility index (Phi) is 2.94. The summed E-state index contributed by atoms with van der Waals surface area (Å²) >= 11 is 0. The van der Waals surface area contributed by atoms with Crippen molar-refractivity contribution < 1.29 is 9.53 Å². The normalized spacial score (nSPS) is 37.7. The number of anilines is 1. The number of carbonyl (C=O) groups is 1. The molecule has 0 aromatic heterocycles. The van der Waals surface area contributed by atoms with E-state index < -0.39 is 0 Å². The van der Waals surface area contributed by atoms with Gasteiger partial charge < -0.3 is 4.74 Å². The second-order valence-electron chi connectivity index (χ2n) is 6.59. The minimum Gasteiger partial charge on any atom is -0.446 e. The Bertz CT molecular complexity index is 501. The fraction of sp³-hybridized carbons (Fsp3) is 0.588. The molecule has 3 nitrogen and oxygen atoms in total. The molecule has 20 heavy (non-hydrogen) atoms. The molecular formula is C17H21NO2. The Morgan fingerprint density at radius 2 is 1.85 bits per heavy atom. The predicted octanol–water partition coefficient (Wildman–Crippen LogP) is 4.06. The van der Waals surface area contributed by atoms with E-state index in [1.807, 2.05) is 30.3 Å². The van der Waals surface area contributed by atoms with Gasteiger partial charge in [0.25, 0.3) is 0 Å². The highest BCUT2D eigenvalue weighted by Gasteiger charge is 2.55. The number of ether oxygens (including phenoxy) is 1. The summed E-state index contributed by atoms with van der Waals surface area (Å²) in [5.74, 6) is 3.23. The molecule has 0 heterocycles. The van der Waals surface area contributed by atoms with Crippen molar-refractivity contribution in [3.05, 3.63) is 30.3 Å². The molecule has 4 rings (SSSR count). The highest BCUT2D eigenvalue weighted by atomic mass is 16.6. The summed E-state index contributed by atoms with van der Waals surface area (Å²) in [4.78, 5) is 12.0. The smallest absolute Gasteiger partial charge is 0.411 e. The van der Waals surface area contributed by atoms with Gasteiger partial charge in [0.2, 0.25) is 0 Å². The van der Waals surface area contributed by atoms with Crippen molar-refractivity contribution in [3.63, 3.8) is 0 Å². The van der Waals surface area contributed by atoms with Crippen molar-refractivity contribution in [1.29, 1.82) is 0 Å². The molecule has 1 amide bonds. The Balaban J connectivity index is 1.37. The molecular weight excluding hydrogens is 250 g/mol. The third kappa shape index (κ3) is 2.00. The standard InChI is InChI=1S/C17H21NO2/c19-17(18-12-5-2-1-3-6-12)20-16-10-11-9-15(16)14-8-4-7-13(11)14/h1-3,5-6,11,13-16H,4,7-10H2,(H,18,19)/t11-,13-,14+,15+,16+/m1/s1. The van der Waals surface area contributed by atoms with Crippen LogP contribution in [0.25, 0.3) is 0 Å². The molecule has 1 aromatic rings. The Morgan fingerprint density at radius 1 is 1.05 bits per heavy atom. The molecule has 0 spiro atoms. The van der Waals surface area contributed by atoms with Crippen LogP contribution in [-0.2, 0) is 4.74 Å². The number of rotatable bonds is 2. The lowest BCUT2D eigenvalue weighted by Crippen LogP contribution is -2.33. The summed E-state index contributed by atoms with van der Waals surface area (Å²) in [6.07, 6.45) is 6.39. The van der Waals surface area contributed by atoms with E-state index in [9.17, 15) is 4.79 Å². The molecule has 3 heteroatoms. The minimum absolute atomic E-state index is 0.156. The van der Waals surface area contributed by atoms with Crippen molar-refractivity contribution in [2.24, 2.45) is 23.7 Å². The van der Waals surface area contributed by atoms with Crippen LogP contribution >= 0.6 is 0 Å². The van der Waals surface area contributed by atoms with Crippen LogP contribution in [0.4, 0.5) is 10.5 Å². The number of para-hydroxylation sites is 1. The lowest BCUT2D eigenvalue weighted by molar-refractivity contribution is 0.0431. The molecule has 0 saturated heterocycles. The molecule has 3 aliphatic rings. The van der Waals surface area contributed by atoms with Gasteiger partial charge in [-0.1, -0.05) is 24.6 Å². The first-order valence-electron chi connectivity index (χ1n) is 7.84. The van der Waals surface area contributed by atoms with Crippen LogP contribution in [-0.4, -0.2) is 12.2 Å². The van der Waals surface area contributed by atoms with Crippen molar-refractivity contribution in [1.82, 2.24) is 0 Å². The van der Waals surface area contributed by atoms with Crippen LogP contribution < -0.4 is 5.32 Å². The van der Waals surface area contributed by atoms with Crippen LogP contribution in [0.15, 0.2) is 30.3 Å². The highest BCUT2D eigenvalue weighted by molar-refractivity contribution is 5.84. The largest absolute Gasteiger partial charge is 0.446 e. The zero-order chi connectivity index (χ0) is 13.5. The van der Waals surface area contributed by atoms with Crippen LogP contribution in [0, 0.1) is 23.7 Å². The van der Waals surface area contributed by atoms with Crippen LogP contribution in [0.1, 0.15) is 32.1 Å². The molecule has 1 N–H and O–H groups in total. The van der Waals surface area contributed by atoms with Gasteiger partial charge in [0, 0.05) is 5.69 Å². The zero-order valence-electron chi connectivity index (χ0n) is 11.6. The SMILES string of the molecule is O=C(Nc1ccccc1)O[C@H]1C[C@H]2C[C@H]1[C@H]1CCC[C@H]21. The van der Waals surface area contributed by atoms with Crippen molar-refractivity contribution in [2.75, 3.05) is 5.32 Å². The Hall–Kier alpha value is -1.51. The Morgan fingerprint density at radius 3 is 2.70 bits per heavy atom. The fourth-order valence-corrected chi connectivity index (χ4v) is 4.95. The van der Waals surface area contributed by atoms with Crippen LogP contribution in [0.2, 0.25) is 0 Å². The number of benzene rings is 1. The fourth-order valence-electron chi connectivity index (χ4n) is 4.95. The Labute approximate surface area is 119 Å². The molecule has 2 bridgehead atoms. The van der Waals surface area contributed by atoms with Gasteiger partial charge in [-0.05, 0) is 61.5 Å². The van der Waals surface area contributed by atoms with Gasteiger partial charge in [-0.25, -0.2) is 4.79 Å². The summed E-state index contributed by atoms with van der Waals surface area (Å²) in [6.45, 7) is 0. The summed E-state index contributed by atoms with van der Waals surface area (Å²) in [5, 5.41) is 2.83. The third-order valence-corrected chi connectivity index (χ3v) is 5.65. The third-order valence-electron chi connectivity index (χ3n) is 5.65. The quantitative estimate of drug-likeness (QED) is 0.881. The first kappa shape index (κ1) is 12.2. The zero-order valence-corrected chi connectivity index (χ0v) is 11.6. The summed E-state index contributed by atoms with van der Waals surface area (Å²) < 4.78 is 5.71. The molecule has 1 aromatic carbocycles. The van der Waals surface area contributed by atoms with Crippen molar-refractivity contribution >= 4 is 11.8 Å².